The van der Waals surface area contributed by atoms with E-state index >= 15 is 0 Å². The molecule has 0 radical (unpaired) electrons. The summed E-state index contributed by atoms with van der Waals surface area (Å²) in [6.07, 6.45) is 2.08. The van der Waals surface area contributed by atoms with Gasteiger partial charge in [-0.2, -0.15) is 0 Å². The van der Waals surface area contributed by atoms with Crippen LogP contribution in [0.5, 0.6) is 5.75 Å². The number of aromatic hydroxyl groups is 1. The van der Waals surface area contributed by atoms with Crippen LogP contribution in [0.1, 0.15) is 23.6 Å². The lowest BCUT2D eigenvalue weighted by Gasteiger charge is -2.31. The summed E-state index contributed by atoms with van der Waals surface area (Å²) in [7, 11) is 0. The van der Waals surface area contributed by atoms with Gasteiger partial charge in [0.25, 0.3) is 0 Å². The highest BCUT2D eigenvalue weighted by Gasteiger charge is 2.24. The number of fused-ring (bicyclic) bond motifs is 1. The second-order valence-corrected chi connectivity index (χ2v) is 5.81. The molecule has 0 unspecified atom stereocenters. The molecule has 1 aliphatic rings. The Morgan fingerprint density at radius 3 is 2.65 bits per heavy atom. The predicted octanol–water partition coefficient (Wildman–Crippen LogP) is 3.29. The normalized spacial score (nSPS) is 21.4. The lowest BCUT2D eigenvalue weighted by molar-refractivity contribution is 0.350. The van der Waals surface area contributed by atoms with E-state index < -0.39 is 0 Å². The summed E-state index contributed by atoms with van der Waals surface area (Å²) < 4.78 is 0. The zero-order chi connectivity index (χ0) is 13.9. The van der Waals surface area contributed by atoms with Crippen LogP contribution in [0, 0.1) is 5.92 Å². The monoisotopic (exact) mass is 267 g/mol. The van der Waals surface area contributed by atoms with E-state index in [9.17, 15) is 5.11 Å². The van der Waals surface area contributed by atoms with Crippen LogP contribution in [-0.2, 0) is 19.4 Å². The number of hydrogen-bond donors (Lipinski definition) is 2. The van der Waals surface area contributed by atoms with Crippen molar-refractivity contribution in [2.75, 3.05) is 0 Å². The van der Waals surface area contributed by atoms with Gasteiger partial charge >= 0.3 is 0 Å². The molecule has 20 heavy (non-hydrogen) atoms. The van der Waals surface area contributed by atoms with Crippen molar-refractivity contribution in [3.8, 4) is 5.75 Å². The molecule has 0 aliphatic heterocycles. The maximum absolute atomic E-state index is 9.63. The van der Waals surface area contributed by atoms with Crippen molar-refractivity contribution < 1.29 is 5.11 Å². The van der Waals surface area contributed by atoms with Gasteiger partial charge in [-0.3, -0.25) is 0 Å². The number of benzene rings is 2. The first-order chi connectivity index (χ1) is 9.72. The Morgan fingerprint density at radius 1 is 1.05 bits per heavy atom. The fourth-order valence-corrected chi connectivity index (χ4v) is 3.05. The first kappa shape index (κ1) is 13.2. The minimum absolute atomic E-state index is 0.375. The van der Waals surface area contributed by atoms with Crippen molar-refractivity contribution in [3.63, 3.8) is 0 Å². The summed E-state index contributed by atoms with van der Waals surface area (Å²) in [5, 5.41) is 13.3. The van der Waals surface area contributed by atoms with Crippen LogP contribution in [0.2, 0.25) is 0 Å². The molecule has 2 nitrogen and oxygen atoms in total. The Bertz CT molecular complexity index is 579. The fraction of sp³-hybridized carbons (Fsp3) is 0.333. The first-order valence-electron chi connectivity index (χ1n) is 7.30. The van der Waals surface area contributed by atoms with E-state index in [1.165, 1.54) is 16.7 Å². The van der Waals surface area contributed by atoms with Crippen LogP contribution < -0.4 is 5.32 Å². The zero-order valence-corrected chi connectivity index (χ0v) is 11.8. The van der Waals surface area contributed by atoms with Crippen LogP contribution in [0.25, 0.3) is 0 Å². The predicted molar refractivity (Wildman–Crippen MR) is 81.7 cm³/mol. The Kier molecular flexibility index (Phi) is 3.75. The van der Waals surface area contributed by atoms with Crippen LogP contribution in [0.3, 0.4) is 0 Å². The summed E-state index contributed by atoms with van der Waals surface area (Å²) in [5.41, 5.74) is 3.99. The average Bonchev–Trinajstić information content (AvgIpc) is 2.46. The molecule has 0 fully saturated rings. The van der Waals surface area contributed by atoms with Crippen molar-refractivity contribution in [1.82, 2.24) is 5.32 Å². The Labute approximate surface area is 120 Å². The minimum Gasteiger partial charge on any atom is -0.508 e. The van der Waals surface area contributed by atoms with Gasteiger partial charge in [0.15, 0.2) is 0 Å². The highest BCUT2D eigenvalue weighted by atomic mass is 16.3. The summed E-state index contributed by atoms with van der Waals surface area (Å²) in [6.45, 7) is 3.21. The number of hydrogen-bond acceptors (Lipinski definition) is 2. The molecule has 1 aliphatic carbocycles. The summed E-state index contributed by atoms with van der Waals surface area (Å²) >= 11 is 0. The zero-order valence-electron chi connectivity index (χ0n) is 11.8. The highest BCUT2D eigenvalue weighted by molar-refractivity contribution is 5.37. The van der Waals surface area contributed by atoms with Crippen LogP contribution in [-0.4, -0.2) is 11.1 Å². The molecule has 0 heterocycles. The quantitative estimate of drug-likeness (QED) is 0.894. The SMILES string of the molecule is C[C@H]1Cc2ccc(O)cc2C[C@@H]1NCc1ccccc1. The molecule has 104 valence electrons. The van der Waals surface area contributed by atoms with E-state index in [1.54, 1.807) is 6.07 Å². The molecule has 0 saturated heterocycles. The van der Waals surface area contributed by atoms with Crippen LogP contribution in [0.15, 0.2) is 48.5 Å². The van der Waals surface area contributed by atoms with Crippen LogP contribution in [0.4, 0.5) is 0 Å². The van der Waals surface area contributed by atoms with Gasteiger partial charge < -0.3 is 10.4 Å². The number of rotatable bonds is 3. The van der Waals surface area contributed by atoms with Gasteiger partial charge in [0.1, 0.15) is 5.75 Å². The minimum atomic E-state index is 0.375. The van der Waals surface area contributed by atoms with Crippen LogP contribution >= 0.6 is 0 Å². The summed E-state index contributed by atoms with van der Waals surface area (Å²) in [6, 6.07) is 16.8. The molecule has 3 rings (SSSR count). The maximum atomic E-state index is 9.63. The molecule has 2 aromatic carbocycles. The molecule has 0 bridgehead atoms. The number of phenolic OH excluding ortho intramolecular Hbond substituents is 1. The highest BCUT2D eigenvalue weighted by Crippen LogP contribution is 2.28. The molecule has 0 amide bonds. The van der Waals surface area contributed by atoms with Gasteiger partial charge in [-0.25, -0.2) is 0 Å². The Balaban J connectivity index is 1.69. The van der Waals surface area contributed by atoms with E-state index in [-0.39, 0.29) is 0 Å². The van der Waals surface area contributed by atoms with Crippen molar-refractivity contribution in [2.24, 2.45) is 5.92 Å². The smallest absolute Gasteiger partial charge is 0.115 e. The molecule has 2 heteroatoms. The number of phenols is 1. The molecule has 2 aromatic rings. The molecule has 2 atom stereocenters. The van der Waals surface area contributed by atoms with Gasteiger partial charge in [-0.05, 0) is 47.6 Å². The maximum Gasteiger partial charge on any atom is 0.115 e. The number of nitrogens with one attached hydrogen (secondary N) is 1. The van der Waals surface area contributed by atoms with E-state index in [0.29, 0.717) is 17.7 Å². The standard InChI is InChI=1S/C18H21NO/c1-13-9-15-7-8-17(20)10-16(15)11-18(13)19-12-14-5-3-2-4-6-14/h2-8,10,13,18-20H,9,11-12H2,1H3/t13-,18-/m0/s1. The van der Waals surface area contributed by atoms with Crippen molar-refractivity contribution >= 4 is 0 Å². The van der Waals surface area contributed by atoms with Gasteiger partial charge in [-0.1, -0.05) is 43.3 Å². The third kappa shape index (κ3) is 2.86. The average molecular weight is 267 g/mol. The van der Waals surface area contributed by atoms with Crippen molar-refractivity contribution in [1.29, 1.82) is 0 Å². The Morgan fingerprint density at radius 2 is 1.85 bits per heavy atom. The first-order valence-corrected chi connectivity index (χ1v) is 7.30. The van der Waals surface area contributed by atoms with E-state index in [4.69, 9.17) is 0 Å². The molecule has 0 aromatic heterocycles. The third-order valence-electron chi connectivity index (χ3n) is 4.27. The van der Waals surface area contributed by atoms with Gasteiger partial charge in [0.05, 0.1) is 0 Å². The molecular formula is C18H21NO. The third-order valence-corrected chi connectivity index (χ3v) is 4.27. The van der Waals surface area contributed by atoms with E-state index in [2.05, 4.69) is 42.6 Å². The van der Waals surface area contributed by atoms with Crippen molar-refractivity contribution in [2.45, 2.75) is 32.4 Å². The topological polar surface area (TPSA) is 32.3 Å². The lowest BCUT2D eigenvalue weighted by Crippen LogP contribution is -2.40. The lowest BCUT2D eigenvalue weighted by atomic mass is 9.81. The summed E-state index contributed by atoms with van der Waals surface area (Å²) in [4.78, 5) is 0. The molecule has 2 N–H and O–H groups in total. The summed E-state index contributed by atoms with van der Waals surface area (Å²) in [5.74, 6) is 0.996. The Hall–Kier alpha value is -1.80. The van der Waals surface area contributed by atoms with Gasteiger partial charge in [-0.15, -0.1) is 0 Å². The largest absolute Gasteiger partial charge is 0.508 e. The van der Waals surface area contributed by atoms with Crippen molar-refractivity contribution in [3.05, 3.63) is 65.2 Å². The fourth-order valence-electron chi connectivity index (χ4n) is 3.05. The van der Waals surface area contributed by atoms with E-state index in [0.717, 1.165) is 19.4 Å². The van der Waals surface area contributed by atoms with Gasteiger partial charge in [0, 0.05) is 12.6 Å². The molecular weight excluding hydrogens is 246 g/mol. The van der Waals surface area contributed by atoms with E-state index in [1.807, 2.05) is 12.1 Å². The molecule has 0 saturated carbocycles. The molecule has 0 spiro atoms. The second-order valence-electron chi connectivity index (χ2n) is 5.81. The second kappa shape index (κ2) is 5.68. The van der Waals surface area contributed by atoms with Gasteiger partial charge in [0.2, 0.25) is 0 Å².